The van der Waals surface area contributed by atoms with Gasteiger partial charge in [0.1, 0.15) is 17.1 Å². The molecule has 9 aromatic heterocycles. The van der Waals surface area contributed by atoms with E-state index in [0.717, 1.165) is 105 Å². The van der Waals surface area contributed by atoms with Crippen molar-refractivity contribution in [3.8, 4) is 35.5 Å². The van der Waals surface area contributed by atoms with Crippen molar-refractivity contribution in [2.45, 2.75) is 78.2 Å². The highest BCUT2D eigenvalue weighted by atomic mass is 16.5. The number of benzene rings is 3. The highest BCUT2D eigenvalue weighted by Gasteiger charge is 2.25. The number of ether oxygens (including phenoxy) is 1. The number of nitrogens with one attached hydrogen (secondary N) is 3. The van der Waals surface area contributed by atoms with Gasteiger partial charge in [0.05, 0.1) is 41.4 Å². The average molecular weight is 1380 g/mol. The van der Waals surface area contributed by atoms with E-state index in [1.807, 2.05) is 72.8 Å². The number of rotatable bonds is 14. The second-order valence-electron chi connectivity index (χ2n) is 26.2. The first-order valence-corrected chi connectivity index (χ1v) is 34.6. The monoisotopic (exact) mass is 1380 g/mol. The Labute approximate surface area is 603 Å². The second-order valence-corrected chi connectivity index (χ2v) is 26.2. The molecule has 0 spiro atoms. The van der Waals surface area contributed by atoms with Gasteiger partial charge in [0.25, 0.3) is 17.7 Å². The van der Waals surface area contributed by atoms with Crippen molar-refractivity contribution in [1.82, 2.24) is 78.3 Å². The zero-order valence-electron chi connectivity index (χ0n) is 59.0. The summed E-state index contributed by atoms with van der Waals surface area (Å²) in [5.74, 6) is 17.7. The predicted molar refractivity (Wildman–Crippen MR) is 400 cm³/mol. The first-order valence-electron chi connectivity index (χ1n) is 34.6. The van der Waals surface area contributed by atoms with Crippen molar-refractivity contribution in [2.24, 2.45) is 0 Å². The quantitative estimate of drug-likeness (QED) is 0.0858. The van der Waals surface area contributed by atoms with Gasteiger partial charge < -0.3 is 25.6 Å². The van der Waals surface area contributed by atoms with Crippen molar-refractivity contribution in [3.05, 3.63) is 267 Å². The Morgan fingerprint density at radius 3 is 1.18 bits per heavy atom. The van der Waals surface area contributed by atoms with Gasteiger partial charge in [0.15, 0.2) is 16.9 Å². The normalized spacial score (nSPS) is 15.0. The maximum Gasteiger partial charge on any atom is 0.257 e. The molecule has 104 heavy (non-hydrogen) atoms. The third-order valence-corrected chi connectivity index (χ3v) is 18.6. The molecule has 3 saturated heterocycles. The number of carbonyl (C=O) groups is 3. The molecule has 0 radical (unpaired) electrons. The molecular formula is C81H79N19O4. The fourth-order valence-corrected chi connectivity index (χ4v) is 12.7. The molecule has 12 heterocycles. The summed E-state index contributed by atoms with van der Waals surface area (Å²) >= 11 is 0. The summed E-state index contributed by atoms with van der Waals surface area (Å²) in [6.07, 6.45) is 24.8. The van der Waals surface area contributed by atoms with Gasteiger partial charge in [-0.1, -0.05) is 36.0 Å². The van der Waals surface area contributed by atoms with E-state index in [4.69, 9.17) is 4.74 Å². The van der Waals surface area contributed by atoms with Crippen LogP contribution in [0.2, 0.25) is 0 Å². The average Bonchev–Trinajstić information content (AvgIpc) is 1.75. The number of aromatic nitrogens is 12. The summed E-state index contributed by atoms with van der Waals surface area (Å²) in [5, 5.41) is 21.7. The van der Waals surface area contributed by atoms with Gasteiger partial charge in [-0.15, -0.1) is 0 Å². The highest BCUT2D eigenvalue weighted by Crippen LogP contribution is 2.25. The molecule has 23 heteroatoms. The van der Waals surface area contributed by atoms with E-state index in [2.05, 4.69) is 169 Å². The molecule has 3 amide bonds. The molecule has 12 aromatic rings. The van der Waals surface area contributed by atoms with E-state index >= 15 is 0 Å². The van der Waals surface area contributed by atoms with Gasteiger partial charge in [-0.2, -0.15) is 15.3 Å². The lowest BCUT2D eigenvalue weighted by atomic mass is 10.1. The number of likely N-dealkylation sites (N-methyl/N-ethyl adjacent to an activating group) is 1. The Bertz CT molecular complexity index is 5310. The molecule has 3 N–H and O–H groups in total. The van der Waals surface area contributed by atoms with Crippen molar-refractivity contribution < 1.29 is 19.1 Å². The van der Waals surface area contributed by atoms with Gasteiger partial charge in [-0.3, -0.25) is 44.0 Å². The molecule has 0 bridgehead atoms. The van der Waals surface area contributed by atoms with Gasteiger partial charge in [0.2, 0.25) is 0 Å². The molecule has 3 aromatic carbocycles. The van der Waals surface area contributed by atoms with Crippen molar-refractivity contribution in [1.29, 1.82) is 0 Å². The summed E-state index contributed by atoms with van der Waals surface area (Å²) in [6, 6.07) is 35.1. The molecule has 0 aliphatic carbocycles. The van der Waals surface area contributed by atoms with Crippen LogP contribution < -0.4 is 16.0 Å². The van der Waals surface area contributed by atoms with Crippen LogP contribution >= 0.6 is 0 Å². The zero-order chi connectivity index (χ0) is 71.9. The first kappa shape index (κ1) is 70.3. The summed E-state index contributed by atoms with van der Waals surface area (Å²) in [4.78, 5) is 73.7. The lowest BCUT2D eigenvalue weighted by Crippen LogP contribution is -2.31. The number of carbonyl (C=O) groups excluding carboxylic acids is 3. The lowest BCUT2D eigenvalue weighted by molar-refractivity contribution is 0.101. The summed E-state index contributed by atoms with van der Waals surface area (Å²) in [5.41, 5.74) is 17.1. The number of nitrogens with zero attached hydrogens (tertiary/aromatic N) is 16. The molecule has 0 saturated carbocycles. The zero-order valence-corrected chi connectivity index (χ0v) is 59.0. The van der Waals surface area contributed by atoms with Crippen molar-refractivity contribution in [2.75, 3.05) is 76.4 Å². The van der Waals surface area contributed by atoms with E-state index in [1.54, 1.807) is 107 Å². The van der Waals surface area contributed by atoms with Gasteiger partial charge in [-0.05, 0) is 216 Å². The van der Waals surface area contributed by atoms with E-state index in [9.17, 15) is 14.4 Å². The van der Waals surface area contributed by atoms with Crippen LogP contribution in [-0.2, 0) is 24.4 Å². The number of hydrogen-bond acceptors (Lipinski definition) is 17. The fraction of sp³-hybridized carbons (Fsp3) is 0.259. The Morgan fingerprint density at radius 2 is 0.827 bits per heavy atom. The summed E-state index contributed by atoms with van der Waals surface area (Å²) in [7, 11) is 6.06. The van der Waals surface area contributed by atoms with Crippen LogP contribution in [-0.4, -0.2) is 169 Å². The van der Waals surface area contributed by atoms with Crippen LogP contribution in [0.25, 0.3) is 16.9 Å². The molecule has 2 atom stereocenters. The molecule has 0 unspecified atom stereocenters. The van der Waals surface area contributed by atoms with Crippen LogP contribution in [0.4, 0.5) is 17.1 Å². The van der Waals surface area contributed by atoms with Crippen LogP contribution in [0.1, 0.15) is 124 Å². The number of pyridine rings is 3. The van der Waals surface area contributed by atoms with Crippen molar-refractivity contribution >= 4 is 51.7 Å². The van der Waals surface area contributed by atoms with E-state index in [0.29, 0.717) is 62.6 Å². The Balaban J connectivity index is 0.000000139. The number of anilines is 3. The number of amides is 3. The molecular weight excluding hydrogens is 1300 g/mol. The Kier molecular flexibility index (Phi) is 22.4. The number of methoxy groups -OCH3 is 1. The van der Waals surface area contributed by atoms with E-state index in [-0.39, 0.29) is 17.7 Å². The third-order valence-electron chi connectivity index (χ3n) is 18.6. The van der Waals surface area contributed by atoms with Crippen LogP contribution in [0.3, 0.4) is 0 Å². The fourth-order valence-electron chi connectivity index (χ4n) is 12.7. The van der Waals surface area contributed by atoms with Gasteiger partial charge in [-0.25, -0.2) is 28.5 Å². The molecule has 3 fully saturated rings. The number of hydrogen-bond donors (Lipinski definition) is 3. The molecule has 23 nitrogen and oxygen atoms in total. The Morgan fingerprint density at radius 1 is 0.452 bits per heavy atom. The number of imidazole rings is 3. The minimum atomic E-state index is -0.229. The summed E-state index contributed by atoms with van der Waals surface area (Å²) in [6.45, 7) is 15.6. The standard InChI is InChI=1S/C28H29N7O.C27H26N6O2.C26H24N6O/c1-20-13-24(8-7-22(20)18-34-12-10-26(19-34)33(2)3)32-28(36)23-14-21(15-29-16-23)6-9-25-17-30-27-5-4-11-31-35(25)27;1-19-12-23(7-6-21(19)17-32-11-9-25(18-32)35-2)31-27(34)22-13-20(14-28-15-22)5-8-24-16-29-26-4-3-10-30-33(24)26;1-19-13-23(8-7-21(19)18-31-11-2-3-12-31)30-26(33)22-14-20(15-27-16-22)6-9-24-17-28-25-5-4-10-29-32(24)25/h4-5,7-8,11,13-17,26H,10,12,18-19H2,1-3H3,(H,32,36);3-4,6-7,10,12-16,25H,9,11,17-18H2,1-2H3,(H,31,34);4-5,7-8,10,13-17H,2-3,11-12,18H2,1H3,(H,30,33)/t26-;25-;/m00./s1. The van der Waals surface area contributed by atoms with Crippen LogP contribution in [0.15, 0.2) is 184 Å². The van der Waals surface area contributed by atoms with E-state index in [1.165, 1.54) is 53.3 Å². The molecule has 3 aliphatic heterocycles. The van der Waals surface area contributed by atoms with Gasteiger partial charge >= 0.3 is 0 Å². The van der Waals surface area contributed by atoms with Crippen LogP contribution in [0.5, 0.6) is 0 Å². The smallest absolute Gasteiger partial charge is 0.257 e. The van der Waals surface area contributed by atoms with E-state index < -0.39 is 0 Å². The lowest BCUT2D eigenvalue weighted by Gasteiger charge is -2.21. The molecule has 522 valence electrons. The number of aryl methyl sites for hydroxylation is 3. The first-order chi connectivity index (χ1) is 50.7. The maximum atomic E-state index is 12.9. The SMILES string of the molecule is CO[C@H]1CCN(Cc2ccc(NC(=O)c3cncc(C#Cc4cnc5cccnn45)c3)cc2C)C1.Cc1cc(NC(=O)c2cncc(C#Cc3cnc4cccnn34)c2)ccc1CN1CCCC1.Cc1cc(NC(=O)c2cncc(C#Cc3cnc4cccnn34)c2)ccc1CN1CC[C@H](N(C)C)C1. The Hall–Kier alpha value is -12.1. The maximum absolute atomic E-state index is 12.9. The molecule has 3 aliphatic rings. The van der Waals surface area contributed by atoms with Gasteiger partial charge in [0, 0.05) is 148 Å². The number of fused-ring (bicyclic) bond motifs is 3. The van der Waals surface area contributed by atoms with Crippen LogP contribution in [0, 0.1) is 56.3 Å². The molecule has 15 rings (SSSR count). The summed E-state index contributed by atoms with van der Waals surface area (Å²) < 4.78 is 10.5. The highest BCUT2D eigenvalue weighted by molar-refractivity contribution is 6.05. The minimum absolute atomic E-state index is 0.214. The van der Waals surface area contributed by atoms with Crippen molar-refractivity contribution in [3.63, 3.8) is 0 Å². The minimum Gasteiger partial charge on any atom is -0.380 e. The predicted octanol–water partition coefficient (Wildman–Crippen LogP) is 10.2. The second kappa shape index (κ2) is 33.1. The third kappa shape index (κ3) is 17.9. The topological polar surface area (TPSA) is 239 Å². The number of likely N-dealkylation sites (tertiary alicyclic amines) is 3. The largest absolute Gasteiger partial charge is 0.380 e.